The average molecular weight is 347 g/mol. The minimum Gasteiger partial charge on any atom is -0.394 e. The van der Waals surface area contributed by atoms with Crippen molar-refractivity contribution in [2.75, 3.05) is 38.7 Å². The van der Waals surface area contributed by atoms with Crippen molar-refractivity contribution in [2.45, 2.75) is 31.3 Å². The van der Waals surface area contributed by atoms with Gasteiger partial charge in [0.1, 0.15) is 0 Å². The highest BCUT2D eigenvalue weighted by Crippen LogP contribution is 2.24. The molecule has 1 fully saturated rings. The number of carbonyl (C=O) groups is 2. The number of anilines is 1. The number of carbonyl (C=O) groups excluding carboxylic acids is 2. The number of aryl methyl sites for hydroxylation is 1. The maximum absolute atomic E-state index is 12.5. The van der Waals surface area contributed by atoms with Crippen LogP contribution in [0.1, 0.15) is 29.3 Å². The molecule has 7 nitrogen and oxygen atoms in total. The number of aliphatic hydroxyl groups excluding tert-OH is 1. The molecule has 0 spiro atoms. The van der Waals surface area contributed by atoms with Crippen LogP contribution in [0.25, 0.3) is 0 Å². The summed E-state index contributed by atoms with van der Waals surface area (Å²) in [6.07, 6.45) is 1.17. The molecular formula is C18H25N3O4. The van der Waals surface area contributed by atoms with Gasteiger partial charge in [-0.05, 0) is 38.1 Å². The molecule has 1 aromatic carbocycles. The van der Waals surface area contributed by atoms with E-state index in [9.17, 15) is 14.7 Å². The smallest absolute Gasteiger partial charge is 0.251 e. The molecule has 0 unspecified atom stereocenters. The van der Waals surface area contributed by atoms with Crippen LogP contribution in [0.3, 0.4) is 0 Å². The summed E-state index contributed by atoms with van der Waals surface area (Å²) in [7, 11) is 1.93. The minimum absolute atomic E-state index is 0.0285. The molecule has 2 aliphatic heterocycles. The molecule has 0 radical (unpaired) electrons. The van der Waals surface area contributed by atoms with E-state index < -0.39 is 5.54 Å². The highest BCUT2D eigenvalue weighted by molar-refractivity contribution is 5.99. The Bertz CT molecular complexity index is 678. The van der Waals surface area contributed by atoms with E-state index >= 15 is 0 Å². The number of nitrogens with one attached hydrogen (secondary N) is 2. The molecule has 1 saturated heterocycles. The van der Waals surface area contributed by atoms with Gasteiger partial charge in [0.15, 0.2) is 0 Å². The van der Waals surface area contributed by atoms with Gasteiger partial charge in [0.05, 0.1) is 25.4 Å². The van der Waals surface area contributed by atoms with E-state index in [2.05, 4.69) is 15.5 Å². The van der Waals surface area contributed by atoms with Crippen molar-refractivity contribution in [1.29, 1.82) is 0 Å². The van der Waals surface area contributed by atoms with E-state index in [4.69, 9.17) is 4.74 Å². The first-order valence-electron chi connectivity index (χ1n) is 8.58. The maximum Gasteiger partial charge on any atom is 0.251 e. The third kappa shape index (κ3) is 3.53. The molecule has 2 aliphatic rings. The fourth-order valence-electron chi connectivity index (χ4n) is 3.35. The fraction of sp³-hybridized carbons (Fsp3) is 0.556. The van der Waals surface area contributed by atoms with E-state index in [1.54, 1.807) is 12.1 Å². The second kappa shape index (κ2) is 7.11. The second-order valence-electron chi connectivity index (χ2n) is 6.96. The van der Waals surface area contributed by atoms with Gasteiger partial charge in [0.25, 0.3) is 5.91 Å². The Labute approximate surface area is 147 Å². The Morgan fingerprint density at radius 2 is 2.28 bits per heavy atom. The molecular weight excluding hydrogens is 322 g/mol. The van der Waals surface area contributed by atoms with Crippen molar-refractivity contribution in [3.63, 3.8) is 0 Å². The van der Waals surface area contributed by atoms with Crippen LogP contribution >= 0.6 is 0 Å². The third-order valence-electron chi connectivity index (χ3n) is 5.28. The summed E-state index contributed by atoms with van der Waals surface area (Å²) < 4.78 is 5.58. The van der Waals surface area contributed by atoms with Crippen molar-refractivity contribution in [3.05, 3.63) is 29.3 Å². The topological polar surface area (TPSA) is 90.9 Å². The van der Waals surface area contributed by atoms with Gasteiger partial charge in [-0.2, -0.15) is 0 Å². The van der Waals surface area contributed by atoms with Crippen LogP contribution in [0.15, 0.2) is 18.2 Å². The third-order valence-corrected chi connectivity index (χ3v) is 5.28. The van der Waals surface area contributed by atoms with E-state index in [1.165, 1.54) is 0 Å². The van der Waals surface area contributed by atoms with Gasteiger partial charge in [-0.25, -0.2) is 0 Å². The number of amides is 2. The molecule has 25 heavy (non-hydrogen) atoms. The van der Waals surface area contributed by atoms with Crippen LogP contribution < -0.4 is 10.6 Å². The summed E-state index contributed by atoms with van der Waals surface area (Å²) in [4.78, 5) is 26.1. The number of nitrogens with zero attached hydrogens (tertiary/aromatic N) is 1. The standard InChI is InChI=1S/C18H25N3O4/c1-12-8-25-11-18(10-22,21(12)2)9-19-17(24)14-4-3-13-5-6-16(23)20-15(13)7-14/h3-4,7,12,22H,5-6,8-11H2,1-2H3,(H,19,24)(H,20,23)/t12-,18+/m1/s1. The van der Waals surface area contributed by atoms with Crippen LogP contribution in [0.4, 0.5) is 5.69 Å². The van der Waals surface area contributed by atoms with Crippen LogP contribution in [-0.2, 0) is 16.0 Å². The first kappa shape index (κ1) is 17.8. The molecule has 136 valence electrons. The molecule has 2 atom stereocenters. The van der Waals surface area contributed by atoms with Crippen molar-refractivity contribution in [1.82, 2.24) is 10.2 Å². The Kier molecular flexibility index (Phi) is 5.08. The van der Waals surface area contributed by atoms with Gasteiger partial charge < -0.3 is 20.5 Å². The van der Waals surface area contributed by atoms with Gasteiger partial charge >= 0.3 is 0 Å². The number of hydrogen-bond acceptors (Lipinski definition) is 5. The van der Waals surface area contributed by atoms with E-state index in [0.29, 0.717) is 37.3 Å². The molecule has 3 rings (SSSR count). The first-order valence-corrected chi connectivity index (χ1v) is 8.58. The average Bonchev–Trinajstić information content (AvgIpc) is 2.62. The number of morpholine rings is 1. The van der Waals surface area contributed by atoms with Gasteiger partial charge in [-0.3, -0.25) is 14.5 Å². The maximum atomic E-state index is 12.5. The molecule has 7 heteroatoms. The van der Waals surface area contributed by atoms with Crippen molar-refractivity contribution in [2.24, 2.45) is 0 Å². The van der Waals surface area contributed by atoms with Crippen molar-refractivity contribution >= 4 is 17.5 Å². The molecule has 0 aromatic heterocycles. The molecule has 2 heterocycles. The minimum atomic E-state index is -0.629. The quantitative estimate of drug-likeness (QED) is 0.733. The molecule has 2 amide bonds. The van der Waals surface area contributed by atoms with Gasteiger partial charge in [-0.15, -0.1) is 0 Å². The number of likely N-dealkylation sites (N-methyl/N-ethyl adjacent to an activating group) is 1. The summed E-state index contributed by atoms with van der Waals surface area (Å²) in [5.41, 5.74) is 1.60. The number of benzene rings is 1. The fourth-order valence-corrected chi connectivity index (χ4v) is 3.35. The first-order chi connectivity index (χ1) is 11.9. The Hall–Kier alpha value is -1.96. The summed E-state index contributed by atoms with van der Waals surface area (Å²) in [5.74, 6) is -0.263. The van der Waals surface area contributed by atoms with Crippen LogP contribution in [0.2, 0.25) is 0 Å². The molecule has 1 aromatic rings. The lowest BCUT2D eigenvalue weighted by atomic mass is 9.95. The van der Waals surface area contributed by atoms with Gasteiger partial charge in [0, 0.05) is 30.3 Å². The van der Waals surface area contributed by atoms with Crippen LogP contribution in [0.5, 0.6) is 0 Å². The van der Waals surface area contributed by atoms with Crippen molar-refractivity contribution < 1.29 is 19.4 Å². The Balaban J connectivity index is 1.70. The zero-order chi connectivity index (χ0) is 18.0. The normalized spacial score (nSPS) is 26.7. The molecule has 3 N–H and O–H groups in total. The zero-order valence-corrected chi connectivity index (χ0v) is 14.7. The van der Waals surface area contributed by atoms with Crippen LogP contribution in [-0.4, -0.2) is 66.8 Å². The Morgan fingerprint density at radius 3 is 3.04 bits per heavy atom. The monoisotopic (exact) mass is 347 g/mol. The van der Waals surface area contributed by atoms with Crippen LogP contribution in [0, 0.1) is 0 Å². The number of rotatable bonds is 4. The summed E-state index contributed by atoms with van der Waals surface area (Å²) >= 11 is 0. The highest BCUT2D eigenvalue weighted by Gasteiger charge is 2.40. The lowest BCUT2D eigenvalue weighted by molar-refractivity contribution is -0.116. The predicted octanol–water partition coefficient (Wildman–Crippen LogP) is 0.383. The second-order valence-corrected chi connectivity index (χ2v) is 6.96. The number of hydrogen-bond donors (Lipinski definition) is 3. The van der Waals surface area contributed by atoms with E-state index in [0.717, 1.165) is 5.56 Å². The lowest BCUT2D eigenvalue weighted by Crippen LogP contribution is -2.65. The summed E-state index contributed by atoms with van der Waals surface area (Å²) in [6.45, 7) is 3.18. The van der Waals surface area contributed by atoms with Crippen molar-refractivity contribution in [3.8, 4) is 0 Å². The van der Waals surface area contributed by atoms with Gasteiger partial charge in [0.2, 0.25) is 5.91 Å². The molecule has 0 bridgehead atoms. The summed E-state index contributed by atoms with van der Waals surface area (Å²) in [5, 5.41) is 15.6. The highest BCUT2D eigenvalue weighted by atomic mass is 16.5. The Morgan fingerprint density at radius 1 is 1.48 bits per heavy atom. The summed E-state index contributed by atoms with van der Waals surface area (Å²) in [6, 6.07) is 5.51. The number of aliphatic hydroxyl groups is 1. The molecule has 0 saturated carbocycles. The number of ether oxygens (including phenoxy) is 1. The molecule has 0 aliphatic carbocycles. The predicted molar refractivity (Wildman–Crippen MR) is 93.6 cm³/mol. The van der Waals surface area contributed by atoms with Gasteiger partial charge in [-0.1, -0.05) is 6.07 Å². The van der Waals surface area contributed by atoms with E-state index in [1.807, 2.05) is 20.0 Å². The van der Waals surface area contributed by atoms with E-state index in [-0.39, 0.29) is 31.0 Å². The zero-order valence-electron chi connectivity index (χ0n) is 14.7. The lowest BCUT2D eigenvalue weighted by Gasteiger charge is -2.47. The SMILES string of the molecule is C[C@@H]1COC[C@@](CO)(CNC(=O)c2ccc3c(c2)NC(=O)CC3)N1C. The number of fused-ring (bicyclic) bond motifs is 1. The largest absolute Gasteiger partial charge is 0.394 e.